The number of carbonyl (C=O) groups is 1. The summed E-state index contributed by atoms with van der Waals surface area (Å²) in [7, 11) is 0. The van der Waals surface area contributed by atoms with Crippen LogP contribution in [0.3, 0.4) is 0 Å². The molecule has 2 aliphatic rings. The monoisotopic (exact) mass is 339 g/mol. The van der Waals surface area contributed by atoms with Gasteiger partial charge in [-0.2, -0.15) is 0 Å². The molecule has 5 nitrogen and oxygen atoms in total. The van der Waals surface area contributed by atoms with Crippen molar-refractivity contribution >= 4 is 22.7 Å². The minimum atomic E-state index is -0.453. The van der Waals surface area contributed by atoms with Crippen molar-refractivity contribution in [1.29, 1.82) is 0 Å². The molecule has 1 spiro atoms. The van der Waals surface area contributed by atoms with E-state index < -0.39 is 5.60 Å². The van der Waals surface area contributed by atoms with Crippen molar-refractivity contribution < 1.29 is 9.53 Å². The lowest BCUT2D eigenvalue weighted by molar-refractivity contribution is 0.0107. The number of hydrogen-bond donors (Lipinski definition) is 0. The van der Waals surface area contributed by atoms with Gasteiger partial charge in [0.1, 0.15) is 5.60 Å². The van der Waals surface area contributed by atoms with Crippen LogP contribution >= 0.6 is 0 Å². The maximum absolute atomic E-state index is 12.6. The molecule has 25 heavy (non-hydrogen) atoms. The second-order valence-electron chi connectivity index (χ2n) is 8.13. The predicted molar refractivity (Wildman–Crippen MR) is 98.9 cm³/mol. The van der Waals surface area contributed by atoms with E-state index in [0.29, 0.717) is 6.54 Å². The topological polar surface area (TPSA) is 45.7 Å². The smallest absolute Gasteiger partial charge is 0.410 e. The molecule has 5 heteroatoms. The minimum absolute atomic E-state index is 0.0645. The van der Waals surface area contributed by atoms with E-state index in [1.807, 2.05) is 44.0 Å². The van der Waals surface area contributed by atoms with Crippen molar-refractivity contribution in [2.45, 2.75) is 44.8 Å². The third-order valence-electron chi connectivity index (χ3n) is 5.06. The number of ether oxygens (including phenoxy) is 1. The van der Waals surface area contributed by atoms with E-state index in [1.54, 1.807) is 0 Å². The van der Waals surface area contributed by atoms with Crippen molar-refractivity contribution in [2.75, 3.05) is 24.5 Å². The van der Waals surface area contributed by atoms with Crippen molar-refractivity contribution in [2.24, 2.45) is 0 Å². The van der Waals surface area contributed by atoms with E-state index in [9.17, 15) is 4.79 Å². The fraction of sp³-hybridized carbons (Fsp3) is 0.500. The van der Waals surface area contributed by atoms with Crippen LogP contribution < -0.4 is 4.90 Å². The van der Waals surface area contributed by atoms with E-state index in [1.165, 1.54) is 11.1 Å². The van der Waals surface area contributed by atoms with Crippen molar-refractivity contribution in [3.63, 3.8) is 0 Å². The molecule has 1 aromatic heterocycles. The summed E-state index contributed by atoms with van der Waals surface area (Å²) in [5, 5.41) is 1.17. The summed E-state index contributed by atoms with van der Waals surface area (Å²) < 4.78 is 5.62. The van der Waals surface area contributed by atoms with E-state index in [2.05, 4.69) is 28.1 Å². The summed E-state index contributed by atoms with van der Waals surface area (Å²) >= 11 is 0. The molecule has 0 radical (unpaired) electrons. The molecular formula is C20H25N3O2. The quantitative estimate of drug-likeness (QED) is 0.792. The largest absolute Gasteiger partial charge is 0.444 e. The molecule has 4 rings (SSSR count). The van der Waals surface area contributed by atoms with E-state index in [-0.39, 0.29) is 11.6 Å². The Bertz CT molecular complexity index is 803. The highest BCUT2D eigenvalue weighted by atomic mass is 16.6. The lowest BCUT2D eigenvalue weighted by Crippen LogP contribution is -2.58. The van der Waals surface area contributed by atoms with Gasteiger partial charge in [0.2, 0.25) is 0 Å². The van der Waals surface area contributed by atoms with Gasteiger partial charge in [-0.1, -0.05) is 18.2 Å². The van der Waals surface area contributed by atoms with Crippen LogP contribution in [0.4, 0.5) is 10.5 Å². The number of para-hydroxylation sites is 1. The Hall–Kier alpha value is -2.30. The number of anilines is 1. The molecular weight excluding hydrogens is 314 g/mol. The molecule has 1 aliphatic heterocycles. The summed E-state index contributed by atoms with van der Waals surface area (Å²) in [6.07, 6.45) is 3.79. The van der Waals surface area contributed by atoms with Crippen LogP contribution in [-0.2, 0) is 4.74 Å². The van der Waals surface area contributed by atoms with Gasteiger partial charge in [0.25, 0.3) is 0 Å². The SMILES string of the molecule is CC(C)(C)OC(=O)N1CCN(c2ccnc3ccccc23)CC12CC2. The first-order chi connectivity index (χ1) is 11.9. The fourth-order valence-electron chi connectivity index (χ4n) is 3.71. The van der Waals surface area contributed by atoms with Crippen molar-refractivity contribution in [3.05, 3.63) is 36.5 Å². The number of piperazine rings is 1. The molecule has 2 heterocycles. The van der Waals surface area contributed by atoms with Gasteiger partial charge in [-0.15, -0.1) is 0 Å². The summed E-state index contributed by atoms with van der Waals surface area (Å²) in [6.45, 7) is 8.14. The molecule has 1 aliphatic carbocycles. The number of pyridine rings is 1. The zero-order valence-corrected chi connectivity index (χ0v) is 15.2. The normalized spacial score (nSPS) is 19.3. The predicted octanol–water partition coefficient (Wildman–Crippen LogP) is 3.82. The first-order valence-electron chi connectivity index (χ1n) is 8.97. The number of carbonyl (C=O) groups excluding carboxylic acids is 1. The highest BCUT2D eigenvalue weighted by Gasteiger charge is 2.54. The fourth-order valence-corrected chi connectivity index (χ4v) is 3.71. The van der Waals surface area contributed by atoms with Gasteiger partial charge in [0.15, 0.2) is 0 Å². The second kappa shape index (κ2) is 5.61. The molecule has 0 atom stereocenters. The van der Waals surface area contributed by atoms with Crippen LogP contribution in [0.5, 0.6) is 0 Å². The average molecular weight is 339 g/mol. The van der Waals surface area contributed by atoms with Gasteiger partial charge in [0.05, 0.1) is 11.1 Å². The number of fused-ring (bicyclic) bond motifs is 1. The summed E-state index contributed by atoms with van der Waals surface area (Å²) in [4.78, 5) is 21.4. The van der Waals surface area contributed by atoms with Crippen LogP contribution in [0.2, 0.25) is 0 Å². The second-order valence-corrected chi connectivity index (χ2v) is 8.13. The van der Waals surface area contributed by atoms with E-state index >= 15 is 0 Å². The summed E-state index contributed by atoms with van der Waals surface area (Å²) in [5.41, 5.74) is 1.71. The maximum Gasteiger partial charge on any atom is 0.410 e. The Morgan fingerprint density at radius 3 is 2.64 bits per heavy atom. The molecule has 1 aromatic carbocycles. The Morgan fingerprint density at radius 2 is 1.92 bits per heavy atom. The van der Waals surface area contributed by atoms with E-state index in [4.69, 9.17) is 4.74 Å². The van der Waals surface area contributed by atoms with Crippen molar-refractivity contribution in [1.82, 2.24) is 9.88 Å². The Labute approximate surface area is 148 Å². The summed E-state index contributed by atoms with van der Waals surface area (Å²) in [5.74, 6) is 0. The molecule has 0 unspecified atom stereocenters. The zero-order chi connectivity index (χ0) is 17.7. The zero-order valence-electron chi connectivity index (χ0n) is 15.2. The minimum Gasteiger partial charge on any atom is -0.444 e. The number of nitrogens with zero attached hydrogens (tertiary/aromatic N) is 3. The Morgan fingerprint density at radius 1 is 1.16 bits per heavy atom. The highest BCUT2D eigenvalue weighted by molar-refractivity contribution is 5.91. The Balaban J connectivity index is 1.58. The highest BCUT2D eigenvalue weighted by Crippen LogP contribution is 2.46. The first-order valence-corrected chi connectivity index (χ1v) is 8.97. The van der Waals surface area contributed by atoms with Gasteiger partial charge in [-0.25, -0.2) is 4.79 Å². The summed E-state index contributed by atoms with van der Waals surface area (Å²) in [6, 6.07) is 10.3. The number of rotatable bonds is 1. The molecule has 0 bridgehead atoms. The molecule has 2 fully saturated rings. The average Bonchev–Trinajstić information content (AvgIpc) is 3.32. The maximum atomic E-state index is 12.6. The molecule has 132 valence electrons. The van der Waals surface area contributed by atoms with Crippen LogP contribution in [0.15, 0.2) is 36.5 Å². The molecule has 1 saturated heterocycles. The van der Waals surface area contributed by atoms with Crippen LogP contribution in [0.25, 0.3) is 10.9 Å². The van der Waals surface area contributed by atoms with Gasteiger partial charge >= 0.3 is 6.09 Å². The van der Waals surface area contributed by atoms with Gasteiger partial charge in [0, 0.05) is 36.9 Å². The number of amides is 1. The van der Waals surface area contributed by atoms with E-state index in [0.717, 1.165) is 31.4 Å². The third kappa shape index (κ3) is 3.03. The number of benzene rings is 1. The van der Waals surface area contributed by atoms with Gasteiger partial charge in [-0.05, 0) is 45.7 Å². The van der Waals surface area contributed by atoms with Crippen LogP contribution in [0.1, 0.15) is 33.6 Å². The Kier molecular flexibility index (Phi) is 3.63. The van der Waals surface area contributed by atoms with Gasteiger partial charge < -0.3 is 9.64 Å². The molecule has 1 amide bonds. The van der Waals surface area contributed by atoms with Crippen molar-refractivity contribution in [3.8, 4) is 0 Å². The lowest BCUT2D eigenvalue weighted by Gasteiger charge is -2.43. The lowest BCUT2D eigenvalue weighted by atomic mass is 10.1. The standard InChI is InChI=1S/C20H25N3O2/c1-19(2,3)25-18(24)23-13-12-22(14-20(23)9-10-20)17-8-11-21-16-7-5-4-6-15(16)17/h4-8,11H,9-10,12-14H2,1-3H3. The molecule has 0 N–H and O–H groups in total. The van der Waals surface area contributed by atoms with Crippen LogP contribution in [-0.4, -0.2) is 46.8 Å². The molecule has 1 saturated carbocycles. The molecule has 2 aromatic rings. The first kappa shape index (κ1) is 16.2. The van der Waals surface area contributed by atoms with Crippen LogP contribution in [0, 0.1) is 0 Å². The van der Waals surface area contributed by atoms with Gasteiger partial charge in [-0.3, -0.25) is 9.88 Å². The number of hydrogen-bond acceptors (Lipinski definition) is 4. The third-order valence-corrected chi connectivity index (χ3v) is 5.06. The number of aromatic nitrogens is 1.